The van der Waals surface area contributed by atoms with E-state index in [1.165, 1.54) is 17.8 Å². The molecule has 0 saturated carbocycles. The van der Waals surface area contributed by atoms with Gasteiger partial charge in [-0.25, -0.2) is 9.78 Å². The van der Waals surface area contributed by atoms with Crippen molar-refractivity contribution in [1.82, 2.24) is 14.9 Å². The van der Waals surface area contributed by atoms with Crippen LogP contribution >= 0.6 is 23.5 Å². The zero-order valence-electron chi connectivity index (χ0n) is 13.2. The molecule has 6 nitrogen and oxygen atoms in total. The van der Waals surface area contributed by atoms with Crippen LogP contribution in [0.25, 0.3) is 11.0 Å². The number of aromatic amines is 1. The number of esters is 1. The Morgan fingerprint density at radius 1 is 1.50 bits per heavy atom. The van der Waals surface area contributed by atoms with E-state index in [9.17, 15) is 9.59 Å². The van der Waals surface area contributed by atoms with Crippen LogP contribution in [0.3, 0.4) is 0 Å². The lowest BCUT2D eigenvalue weighted by molar-refractivity contribution is -0.137. The van der Waals surface area contributed by atoms with Crippen molar-refractivity contribution in [2.24, 2.45) is 0 Å². The molecule has 24 heavy (non-hydrogen) atoms. The summed E-state index contributed by atoms with van der Waals surface area (Å²) in [5.74, 6) is 0.651. The molecule has 1 aromatic heterocycles. The topological polar surface area (TPSA) is 75.3 Å². The van der Waals surface area contributed by atoms with E-state index < -0.39 is 5.97 Å². The first-order valence-electron chi connectivity index (χ1n) is 7.56. The first-order chi connectivity index (χ1) is 11.7. The molecule has 0 atom stereocenters. The van der Waals surface area contributed by atoms with Gasteiger partial charge in [-0.05, 0) is 19.1 Å². The number of carbonyl (C=O) groups excluding carboxylic acids is 2. The van der Waals surface area contributed by atoms with Gasteiger partial charge in [-0.1, -0.05) is 35.7 Å². The minimum Gasteiger partial charge on any atom is -0.463 e. The number of hydrogen-bond acceptors (Lipinski definition) is 6. The Balaban J connectivity index is 1.59. The molecule has 1 N–H and O–H groups in total. The third-order valence-electron chi connectivity index (χ3n) is 3.36. The first kappa shape index (κ1) is 16.9. The fourth-order valence-corrected chi connectivity index (χ4v) is 4.05. The largest absolute Gasteiger partial charge is 0.463 e. The average molecular weight is 363 g/mol. The maximum absolute atomic E-state index is 12.0. The summed E-state index contributed by atoms with van der Waals surface area (Å²) in [6.45, 7) is 2.60. The van der Waals surface area contributed by atoms with Crippen molar-refractivity contribution in [1.29, 1.82) is 0 Å². The van der Waals surface area contributed by atoms with Crippen LogP contribution in [0.5, 0.6) is 0 Å². The molecule has 2 aromatic rings. The van der Waals surface area contributed by atoms with Crippen LogP contribution in [0, 0.1) is 0 Å². The number of para-hydroxylation sites is 2. The van der Waals surface area contributed by atoms with Crippen LogP contribution in [0.4, 0.5) is 0 Å². The molecule has 1 aliphatic rings. The summed E-state index contributed by atoms with van der Waals surface area (Å²) in [6.07, 6.45) is 1.39. The molecule has 1 aromatic carbocycles. The first-order valence-corrected chi connectivity index (χ1v) is 9.53. The molecule has 0 bridgehead atoms. The Hall–Kier alpha value is -1.93. The number of H-pyrrole nitrogens is 1. The van der Waals surface area contributed by atoms with Crippen molar-refractivity contribution < 1.29 is 14.3 Å². The number of nitrogens with zero attached hydrogens (tertiary/aromatic N) is 2. The second-order valence-electron chi connectivity index (χ2n) is 4.98. The fourth-order valence-electron chi connectivity index (χ4n) is 2.28. The van der Waals surface area contributed by atoms with E-state index in [0.29, 0.717) is 29.7 Å². The quantitative estimate of drug-likeness (QED) is 0.483. The summed E-state index contributed by atoms with van der Waals surface area (Å²) in [5.41, 5.74) is 1.92. The highest BCUT2D eigenvalue weighted by molar-refractivity contribution is 8.04. The Morgan fingerprint density at radius 2 is 2.33 bits per heavy atom. The van der Waals surface area contributed by atoms with Crippen LogP contribution in [0.2, 0.25) is 0 Å². The summed E-state index contributed by atoms with van der Waals surface area (Å²) in [4.78, 5) is 32.9. The van der Waals surface area contributed by atoms with E-state index in [-0.39, 0.29) is 5.91 Å². The van der Waals surface area contributed by atoms with Gasteiger partial charge in [0.1, 0.15) is 0 Å². The molecule has 0 unspecified atom stereocenters. The normalized spacial score (nSPS) is 16.3. The number of benzene rings is 1. The Morgan fingerprint density at radius 3 is 3.12 bits per heavy atom. The molecule has 0 spiro atoms. The molecule has 126 valence electrons. The van der Waals surface area contributed by atoms with Crippen LogP contribution in [-0.4, -0.2) is 51.4 Å². The predicted octanol–water partition coefficient (Wildman–Crippen LogP) is 2.63. The van der Waals surface area contributed by atoms with E-state index in [2.05, 4.69) is 9.97 Å². The monoisotopic (exact) mass is 363 g/mol. The molecule has 2 heterocycles. The Labute approximate surface area is 148 Å². The lowest BCUT2D eigenvalue weighted by atomic mass is 10.3. The summed E-state index contributed by atoms with van der Waals surface area (Å²) in [5, 5.41) is 1.48. The van der Waals surface area contributed by atoms with E-state index >= 15 is 0 Å². The van der Waals surface area contributed by atoms with Crippen molar-refractivity contribution in [2.75, 3.05) is 24.7 Å². The molecule has 3 rings (SSSR count). The minimum absolute atomic E-state index is 0.0146. The number of fused-ring (bicyclic) bond motifs is 1. The molecule has 1 aliphatic heterocycles. The number of thioether (sulfide) groups is 2. The average Bonchev–Trinajstić information content (AvgIpc) is 3.12. The zero-order valence-corrected chi connectivity index (χ0v) is 14.8. The fraction of sp³-hybridized carbons (Fsp3) is 0.312. The van der Waals surface area contributed by atoms with Gasteiger partial charge >= 0.3 is 5.97 Å². The van der Waals surface area contributed by atoms with Crippen molar-refractivity contribution >= 4 is 46.4 Å². The van der Waals surface area contributed by atoms with Crippen molar-refractivity contribution in [3.05, 3.63) is 35.4 Å². The third-order valence-corrected chi connectivity index (χ3v) is 5.24. The van der Waals surface area contributed by atoms with Gasteiger partial charge in [0, 0.05) is 12.3 Å². The lowest BCUT2D eigenvalue weighted by Gasteiger charge is -2.16. The van der Waals surface area contributed by atoms with Crippen molar-refractivity contribution in [2.45, 2.75) is 12.1 Å². The number of carbonyl (C=O) groups is 2. The lowest BCUT2D eigenvalue weighted by Crippen LogP contribution is -2.27. The highest BCUT2D eigenvalue weighted by atomic mass is 32.2. The minimum atomic E-state index is -0.412. The Bertz CT molecular complexity index is 755. The summed E-state index contributed by atoms with van der Waals surface area (Å²) in [7, 11) is 0. The molecule has 1 amide bonds. The smallest absolute Gasteiger partial charge is 0.333 e. The second-order valence-corrected chi connectivity index (χ2v) is 7.06. The Kier molecular flexibility index (Phi) is 5.47. The molecule has 0 radical (unpaired) electrons. The van der Waals surface area contributed by atoms with Gasteiger partial charge in [-0.3, -0.25) is 4.79 Å². The van der Waals surface area contributed by atoms with Crippen LogP contribution in [-0.2, 0) is 14.3 Å². The van der Waals surface area contributed by atoms with Gasteiger partial charge in [0.25, 0.3) is 0 Å². The number of aromatic nitrogens is 2. The summed E-state index contributed by atoms with van der Waals surface area (Å²) in [6, 6.07) is 7.84. The standard InChI is InChI=1S/C16H17N3O3S2/c1-2-22-15(21)9-14-19(13(20)10-24-14)7-8-23-16-17-11-5-3-4-6-12(11)18-16/h3-6,9H,2,7-8,10H2,1H3,(H,17,18). The van der Waals surface area contributed by atoms with E-state index in [1.807, 2.05) is 24.3 Å². The molecular weight excluding hydrogens is 346 g/mol. The van der Waals surface area contributed by atoms with Gasteiger partial charge in [0.2, 0.25) is 5.91 Å². The maximum atomic E-state index is 12.0. The molecule has 1 fully saturated rings. The van der Waals surface area contributed by atoms with Crippen molar-refractivity contribution in [3.8, 4) is 0 Å². The van der Waals surface area contributed by atoms with E-state index in [1.54, 1.807) is 23.6 Å². The maximum Gasteiger partial charge on any atom is 0.333 e. The van der Waals surface area contributed by atoms with E-state index in [4.69, 9.17) is 4.74 Å². The molecule has 0 aliphatic carbocycles. The predicted molar refractivity (Wildman–Crippen MR) is 95.7 cm³/mol. The van der Waals surface area contributed by atoms with Gasteiger partial charge < -0.3 is 14.6 Å². The van der Waals surface area contributed by atoms with Crippen LogP contribution < -0.4 is 0 Å². The molecule has 8 heteroatoms. The number of hydrogen-bond donors (Lipinski definition) is 1. The highest BCUT2D eigenvalue weighted by Gasteiger charge is 2.27. The van der Waals surface area contributed by atoms with Crippen molar-refractivity contribution in [3.63, 3.8) is 0 Å². The van der Waals surface area contributed by atoms with Crippen LogP contribution in [0.1, 0.15) is 6.92 Å². The van der Waals surface area contributed by atoms with E-state index in [0.717, 1.165) is 16.2 Å². The van der Waals surface area contributed by atoms with Gasteiger partial charge in [-0.15, -0.1) is 0 Å². The molecule has 1 saturated heterocycles. The number of amides is 1. The van der Waals surface area contributed by atoms with Crippen LogP contribution in [0.15, 0.2) is 40.5 Å². The summed E-state index contributed by atoms with van der Waals surface area (Å²) < 4.78 is 4.91. The number of rotatable bonds is 6. The highest BCUT2D eigenvalue weighted by Crippen LogP contribution is 2.29. The van der Waals surface area contributed by atoms with Gasteiger partial charge in [0.05, 0.1) is 34.5 Å². The number of nitrogens with one attached hydrogen (secondary N) is 1. The van der Waals surface area contributed by atoms with Gasteiger partial charge in [-0.2, -0.15) is 0 Å². The summed E-state index contributed by atoms with van der Waals surface area (Å²) >= 11 is 2.92. The zero-order chi connectivity index (χ0) is 16.9. The molecular formula is C16H17N3O3S2. The van der Waals surface area contributed by atoms with Gasteiger partial charge in [0.15, 0.2) is 5.16 Å². The third kappa shape index (κ3) is 3.93. The SMILES string of the molecule is CCOC(=O)C=C1SCC(=O)N1CCSc1nc2ccccc2[nH]1. The number of ether oxygens (including phenoxy) is 1. The second kappa shape index (κ2) is 7.76. The number of imidazole rings is 1.